The number of guanidine groups is 1. The number of nitrogens with zero attached hydrogens (tertiary/aromatic N) is 3. The molecule has 1 aromatic heterocycles. The van der Waals surface area contributed by atoms with E-state index >= 15 is 0 Å². The van der Waals surface area contributed by atoms with E-state index < -0.39 is 0 Å². The summed E-state index contributed by atoms with van der Waals surface area (Å²) in [7, 11) is 1.87. The molecule has 3 atom stereocenters. The summed E-state index contributed by atoms with van der Waals surface area (Å²) < 4.78 is 5.28. The van der Waals surface area contributed by atoms with E-state index in [4.69, 9.17) is 4.52 Å². The summed E-state index contributed by atoms with van der Waals surface area (Å²) in [5.41, 5.74) is 2.20. The van der Waals surface area contributed by atoms with Crippen LogP contribution >= 0.6 is 24.0 Å². The van der Waals surface area contributed by atoms with E-state index in [0.29, 0.717) is 5.92 Å². The molecule has 0 spiro atoms. The number of aromatic nitrogens is 1. The standard InChI is InChI=1S/C17H30N4O.HI/c1-11-7-12(2)10-21(9-11)17(18-6)19-8-13(3)16-14(4)20-22-15(16)5;/h11-13H,7-10H2,1-6H3,(H,18,19);1H. The van der Waals surface area contributed by atoms with Gasteiger partial charge in [-0.15, -0.1) is 24.0 Å². The van der Waals surface area contributed by atoms with Gasteiger partial charge in [0.05, 0.1) is 5.69 Å². The number of hydrogen-bond donors (Lipinski definition) is 1. The third-order valence-electron chi connectivity index (χ3n) is 4.53. The van der Waals surface area contributed by atoms with Gasteiger partial charge < -0.3 is 14.7 Å². The summed E-state index contributed by atoms with van der Waals surface area (Å²) in [6.45, 7) is 13.8. The number of piperidine rings is 1. The number of halogens is 1. The van der Waals surface area contributed by atoms with Crippen molar-refractivity contribution < 1.29 is 4.52 Å². The first-order valence-electron chi connectivity index (χ1n) is 8.30. The van der Waals surface area contributed by atoms with Crippen LogP contribution in [0, 0.1) is 25.7 Å². The maximum absolute atomic E-state index is 5.28. The van der Waals surface area contributed by atoms with Gasteiger partial charge in [-0.1, -0.05) is 25.9 Å². The molecule has 0 radical (unpaired) electrons. The lowest BCUT2D eigenvalue weighted by atomic mass is 9.92. The van der Waals surface area contributed by atoms with Crippen molar-refractivity contribution in [3.05, 3.63) is 17.0 Å². The summed E-state index contributed by atoms with van der Waals surface area (Å²) in [5.74, 6) is 3.73. The third kappa shape index (κ3) is 5.09. The molecule has 3 unspecified atom stereocenters. The molecular weight excluding hydrogens is 403 g/mol. The highest BCUT2D eigenvalue weighted by atomic mass is 127. The van der Waals surface area contributed by atoms with Crippen LogP contribution in [0.15, 0.2) is 9.52 Å². The maximum Gasteiger partial charge on any atom is 0.193 e. The van der Waals surface area contributed by atoms with Crippen molar-refractivity contribution >= 4 is 29.9 Å². The Morgan fingerprint density at radius 3 is 2.43 bits per heavy atom. The first-order valence-corrected chi connectivity index (χ1v) is 8.30. The lowest BCUT2D eigenvalue weighted by Crippen LogP contribution is -2.49. The zero-order valence-corrected chi connectivity index (χ0v) is 17.5. The highest BCUT2D eigenvalue weighted by Crippen LogP contribution is 2.23. The van der Waals surface area contributed by atoms with Crippen molar-refractivity contribution in [2.45, 2.75) is 47.0 Å². The molecule has 1 N–H and O–H groups in total. The molecule has 23 heavy (non-hydrogen) atoms. The van der Waals surface area contributed by atoms with Crippen LogP contribution in [0.2, 0.25) is 0 Å². The third-order valence-corrected chi connectivity index (χ3v) is 4.53. The number of rotatable bonds is 3. The second-order valence-corrected chi connectivity index (χ2v) is 6.92. The molecule has 0 bridgehead atoms. The fraction of sp³-hybridized carbons (Fsp3) is 0.765. The van der Waals surface area contributed by atoms with E-state index in [1.807, 2.05) is 20.9 Å². The van der Waals surface area contributed by atoms with Crippen LogP contribution in [0.1, 0.15) is 50.1 Å². The fourth-order valence-corrected chi connectivity index (χ4v) is 3.71. The van der Waals surface area contributed by atoms with E-state index in [-0.39, 0.29) is 24.0 Å². The SMILES string of the molecule is CN=C(NCC(C)c1c(C)noc1C)N1CC(C)CC(C)C1.I. The van der Waals surface area contributed by atoms with Crippen molar-refractivity contribution in [3.8, 4) is 0 Å². The minimum absolute atomic E-state index is 0. The van der Waals surface area contributed by atoms with E-state index in [1.54, 1.807) is 0 Å². The van der Waals surface area contributed by atoms with Gasteiger partial charge in [0.2, 0.25) is 0 Å². The normalized spacial score (nSPS) is 23.4. The van der Waals surface area contributed by atoms with Crippen molar-refractivity contribution in [2.75, 3.05) is 26.7 Å². The van der Waals surface area contributed by atoms with Gasteiger partial charge in [-0.2, -0.15) is 0 Å². The Hall–Kier alpha value is -0.790. The van der Waals surface area contributed by atoms with Gasteiger partial charge in [-0.3, -0.25) is 4.99 Å². The Kier molecular flexibility index (Phi) is 7.83. The lowest BCUT2D eigenvalue weighted by molar-refractivity contribution is 0.208. The van der Waals surface area contributed by atoms with Crippen LogP contribution < -0.4 is 5.32 Å². The number of likely N-dealkylation sites (tertiary alicyclic amines) is 1. The molecule has 1 aliphatic heterocycles. The summed E-state index contributed by atoms with van der Waals surface area (Å²) in [4.78, 5) is 6.86. The molecular formula is C17H31IN4O. The zero-order valence-electron chi connectivity index (χ0n) is 15.2. The number of aryl methyl sites for hydroxylation is 2. The second kappa shape index (κ2) is 8.89. The molecule has 0 aliphatic carbocycles. The van der Waals surface area contributed by atoms with Crippen LogP contribution in [0.3, 0.4) is 0 Å². The monoisotopic (exact) mass is 434 g/mol. The van der Waals surface area contributed by atoms with E-state index in [1.165, 1.54) is 12.0 Å². The van der Waals surface area contributed by atoms with Gasteiger partial charge in [0.1, 0.15) is 5.76 Å². The topological polar surface area (TPSA) is 53.7 Å². The van der Waals surface area contributed by atoms with Crippen LogP contribution in [-0.4, -0.2) is 42.7 Å². The van der Waals surface area contributed by atoms with Crippen LogP contribution in [0.25, 0.3) is 0 Å². The predicted molar refractivity (Wildman–Crippen MR) is 106 cm³/mol. The quantitative estimate of drug-likeness (QED) is 0.449. The molecule has 6 heteroatoms. The van der Waals surface area contributed by atoms with Crippen molar-refractivity contribution in [1.82, 2.24) is 15.4 Å². The summed E-state index contributed by atoms with van der Waals surface area (Å²) in [6, 6.07) is 0. The first kappa shape index (κ1) is 20.3. The largest absolute Gasteiger partial charge is 0.361 e. The summed E-state index contributed by atoms with van der Waals surface area (Å²) in [5, 5.41) is 7.58. The first-order chi connectivity index (χ1) is 10.4. The molecule has 2 rings (SSSR count). The van der Waals surface area contributed by atoms with Crippen molar-refractivity contribution in [2.24, 2.45) is 16.8 Å². The van der Waals surface area contributed by atoms with Gasteiger partial charge in [0, 0.05) is 38.2 Å². The number of hydrogen-bond acceptors (Lipinski definition) is 3. The van der Waals surface area contributed by atoms with Crippen LogP contribution in [0.5, 0.6) is 0 Å². The van der Waals surface area contributed by atoms with E-state index in [9.17, 15) is 0 Å². The van der Waals surface area contributed by atoms with Gasteiger partial charge in [0.25, 0.3) is 0 Å². The van der Waals surface area contributed by atoms with Gasteiger partial charge in [0.15, 0.2) is 5.96 Å². The van der Waals surface area contributed by atoms with Gasteiger partial charge >= 0.3 is 0 Å². The molecule has 2 heterocycles. The summed E-state index contributed by atoms with van der Waals surface area (Å²) in [6.07, 6.45) is 1.31. The average Bonchev–Trinajstić information content (AvgIpc) is 2.77. The average molecular weight is 434 g/mol. The van der Waals surface area contributed by atoms with E-state index in [0.717, 1.165) is 48.9 Å². The van der Waals surface area contributed by atoms with Gasteiger partial charge in [-0.25, -0.2) is 0 Å². The van der Waals surface area contributed by atoms with Crippen molar-refractivity contribution in [3.63, 3.8) is 0 Å². The molecule has 1 fully saturated rings. The Labute approximate surface area is 157 Å². The van der Waals surface area contributed by atoms with Crippen LogP contribution in [0.4, 0.5) is 0 Å². The van der Waals surface area contributed by atoms with Crippen LogP contribution in [-0.2, 0) is 0 Å². The molecule has 5 nitrogen and oxygen atoms in total. The molecule has 1 aliphatic rings. The van der Waals surface area contributed by atoms with Crippen molar-refractivity contribution in [1.29, 1.82) is 0 Å². The maximum atomic E-state index is 5.28. The zero-order chi connectivity index (χ0) is 16.3. The van der Waals surface area contributed by atoms with Gasteiger partial charge in [-0.05, 0) is 32.1 Å². The highest BCUT2D eigenvalue weighted by Gasteiger charge is 2.24. The Bertz CT molecular complexity index is 499. The minimum atomic E-state index is 0. The molecule has 0 aromatic carbocycles. The minimum Gasteiger partial charge on any atom is -0.361 e. The predicted octanol–water partition coefficient (Wildman–Crippen LogP) is 3.57. The Balaban J connectivity index is 0.00000264. The molecule has 1 saturated heterocycles. The Morgan fingerprint density at radius 1 is 1.35 bits per heavy atom. The lowest BCUT2D eigenvalue weighted by Gasteiger charge is -2.37. The van der Waals surface area contributed by atoms with E-state index in [2.05, 4.69) is 41.1 Å². The Morgan fingerprint density at radius 2 is 1.96 bits per heavy atom. The smallest absolute Gasteiger partial charge is 0.193 e. The number of aliphatic imine (C=N–C) groups is 1. The number of nitrogens with one attached hydrogen (secondary N) is 1. The summed E-state index contributed by atoms with van der Waals surface area (Å²) >= 11 is 0. The molecule has 132 valence electrons. The molecule has 0 amide bonds. The molecule has 0 saturated carbocycles. The highest BCUT2D eigenvalue weighted by molar-refractivity contribution is 14.0. The molecule has 1 aromatic rings. The second-order valence-electron chi connectivity index (χ2n) is 6.92. The fourth-order valence-electron chi connectivity index (χ4n) is 3.71.